The Kier molecular flexibility index (Phi) is 5.25. The molecule has 0 bridgehead atoms. The van der Waals surface area contributed by atoms with Crippen LogP contribution in [-0.4, -0.2) is 27.1 Å². The van der Waals surface area contributed by atoms with E-state index in [0.29, 0.717) is 12.2 Å². The lowest BCUT2D eigenvalue weighted by Gasteiger charge is -2.10. The van der Waals surface area contributed by atoms with Gasteiger partial charge in [-0.15, -0.1) is 13.2 Å². The van der Waals surface area contributed by atoms with E-state index in [2.05, 4.69) is 25.1 Å². The van der Waals surface area contributed by atoms with Gasteiger partial charge in [-0.1, -0.05) is 12.1 Å². The number of nitrogens with two attached hydrogens (primary N) is 1. The highest BCUT2D eigenvalue weighted by Crippen LogP contribution is 2.23. The summed E-state index contributed by atoms with van der Waals surface area (Å²) in [5.41, 5.74) is 8.09. The molecule has 0 saturated carbocycles. The first-order valence-corrected chi connectivity index (χ1v) is 7.76. The van der Waals surface area contributed by atoms with E-state index in [9.17, 15) is 13.2 Å². The zero-order chi connectivity index (χ0) is 19.3. The molecule has 0 aliphatic carbocycles. The molecule has 140 valence electrons. The highest BCUT2D eigenvalue weighted by atomic mass is 19.4. The molecule has 0 fully saturated rings. The van der Waals surface area contributed by atoms with Crippen LogP contribution in [0.15, 0.2) is 66.2 Å². The van der Waals surface area contributed by atoms with Gasteiger partial charge in [0, 0.05) is 5.69 Å². The number of aliphatic imine (C=N–C) groups is 1. The van der Waals surface area contributed by atoms with Crippen molar-refractivity contribution in [3.8, 4) is 11.4 Å². The van der Waals surface area contributed by atoms with Crippen LogP contribution in [0.5, 0.6) is 5.75 Å². The Morgan fingerprint density at radius 2 is 1.81 bits per heavy atom. The number of rotatable bonds is 5. The van der Waals surface area contributed by atoms with Crippen LogP contribution in [-0.2, 0) is 6.54 Å². The molecule has 0 saturated heterocycles. The fraction of sp³-hybridized carbons (Fsp3) is 0.118. The van der Waals surface area contributed by atoms with E-state index in [1.165, 1.54) is 30.6 Å². The van der Waals surface area contributed by atoms with Gasteiger partial charge in [0.2, 0.25) is 0 Å². The van der Waals surface area contributed by atoms with Gasteiger partial charge in [-0.05, 0) is 42.0 Å². The first kappa shape index (κ1) is 18.2. The number of hydrogen-bond acceptors (Lipinski definition) is 4. The highest BCUT2D eigenvalue weighted by Gasteiger charge is 2.30. The van der Waals surface area contributed by atoms with Crippen LogP contribution in [0.2, 0.25) is 0 Å². The van der Waals surface area contributed by atoms with Crippen molar-refractivity contribution in [3.05, 3.63) is 66.7 Å². The van der Waals surface area contributed by atoms with Crippen LogP contribution in [0.3, 0.4) is 0 Å². The number of nitrogens with zero attached hydrogens (tertiary/aromatic N) is 4. The van der Waals surface area contributed by atoms with E-state index >= 15 is 0 Å². The first-order chi connectivity index (χ1) is 12.9. The minimum atomic E-state index is -4.72. The number of hydrogen-bond donors (Lipinski definition) is 2. The molecule has 0 radical (unpaired) electrons. The second-order valence-electron chi connectivity index (χ2n) is 5.41. The maximum absolute atomic E-state index is 12.1. The van der Waals surface area contributed by atoms with Crippen LogP contribution in [0.25, 0.3) is 5.69 Å². The Morgan fingerprint density at radius 1 is 1.11 bits per heavy atom. The van der Waals surface area contributed by atoms with Gasteiger partial charge in [0.05, 0.1) is 12.2 Å². The third-order valence-electron chi connectivity index (χ3n) is 3.41. The minimum Gasteiger partial charge on any atom is -0.406 e. The van der Waals surface area contributed by atoms with Crippen molar-refractivity contribution in [1.29, 1.82) is 0 Å². The average molecular weight is 376 g/mol. The zero-order valence-corrected chi connectivity index (χ0v) is 13.9. The van der Waals surface area contributed by atoms with Crippen molar-refractivity contribution in [2.75, 3.05) is 5.32 Å². The molecule has 0 spiro atoms. The Hall–Kier alpha value is -3.56. The summed E-state index contributed by atoms with van der Waals surface area (Å²) < 4.78 is 41.8. The maximum Gasteiger partial charge on any atom is 0.573 e. The van der Waals surface area contributed by atoms with Crippen molar-refractivity contribution in [2.24, 2.45) is 10.7 Å². The number of halogens is 3. The van der Waals surface area contributed by atoms with Gasteiger partial charge in [-0.2, -0.15) is 5.10 Å². The SMILES string of the molecule is NC(=NCc1ccc(-n2cncn2)cc1)Nc1ccc(OC(F)(F)F)cc1. The summed E-state index contributed by atoms with van der Waals surface area (Å²) in [7, 11) is 0. The molecule has 0 atom stereocenters. The number of anilines is 1. The minimum absolute atomic E-state index is 0.139. The Balaban J connectivity index is 1.56. The summed E-state index contributed by atoms with van der Waals surface area (Å²) in [4.78, 5) is 8.09. The number of guanidine groups is 1. The standard InChI is InChI=1S/C17H15F3N6O/c18-17(19,20)27-15-7-3-13(4-8-15)25-16(21)23-9-12-1-5-14(6-2-12)26-11-22-10-24-26/h1-8,10-11H,9H2,(H3,21,23,25). The van der Waals surface area contributed by atoms with Gasteiger partial charge >= 0.3 is 6.36 Å². The van der Waals surface area contributed by atoms with Crippen molar-refractivity contribution in [3.63, 3.8) is 0 Å². The van der Waals surface area contributed by atoms with Gasteiger partial charge in [0.25, 0.3) is 0 Å². The molecule has 1 aromatic heterocycles. The second kappa shape index (κ2) is 7.77. The largest absolute Gasteiger partial charge is 0.573 e. The number of nitrogens with one attached hydrogen (secondary N) is 1. The molecule has 3 rings (SSSR count). The van der Waals surface area contributed by atoms with Crippen molar-refractivity contribution in [2.45, 2.75) is 12.9 Å². The third kappa shape index (κ3) is 5.46. The molecule has 3 aromatic rings. The van der Waals surface area contributed by atoms with E-state index < -0.39 is 6.36 Å². The third-order valence-corrected chi connectivity index (χ3v) is 3.41. The van der Waals surface area contributed by atoms with E-state index in [1.807, 2.05) is 24.3 Å². The van der Waals surface area contributed by atoms with Crippen LogP contribution in [0.1, 0.15) is 5.56 Å². The Bertz CT molecular complexity index is 890. The molecule has 0 aliphatic rings. The summed E-state index contributed by atoms with van der Waals surface area (Å²) in [6.45, 7) is 0.339. The Morgan fingerprint density at radius 3 is 2.41 bits per heavy atom. The van der Waals surface area contributed by atoms with Gasteiger partial charge < -0.3 is 15.8 Å². The van der Waals surface area contributed by atoms with E-state index in [4.69, 9.17) is 5.73 Å². The van der Waals surface area contributed by atoms with E-state index in [-0.39, 0.29) is 11.7 Å². The second-order valence-corrected chi connectivity index (χ2v) is 5.41. The first-order valence-electron chi connectivity index (χ1n) is 7.76. The number of benzene rings is 2. The molecular weight excluding hydrogens is 361 g/mol. The van der Waals surface area contributed by atoms with E-state index in [0.717, 1.165) is 11.3 Å². The zero-order valence-electron chi connectivity index (χ0n) is 13.9. The molecule has 3 N–H and O–H groups in total. The summed E-state index contributed by atoms with van der Waals surface area (Å²) in [6, 6.07) is 12.7. The predicted molar refractivity (Wildman–Crippen MR) is 93.4 cm³/mol. The fourth-order valence-corrected chi connectivity index (χ4v) is 2.20. The summed E-state index contributed by atoms with van der Waals surface area (Å²) >= 11 is 0. The lowest BCUT2D eigenvalue weighted by molar-refractivity contribution is -0.274. The highest BCUT2D eigenvalue weighted by molar-refractivity contribution is 5.92. The molecule has 0 unspecified atom stereocenters. The summed E-state index contributed by atoms with van der Waals surface area (Å²) in [5, 5.41) is 6.84. The molecule has 2 aromatic carbocycles. The Labute approximate surface area is 152 Å². The molecule has 0 amide bonds. The molecule has 1 heterocycles. The molecule has 10 heteroatoms. The van der Waals surface area contributed by atoms with Crippen molar-refractivity contribution >= 4 is 11.6 Å². The normalized spacial score (nSPS) is 12.0. The molecule has 27 heavy (non-hydrogen) atoms. The van der Waals surface area contributed by atoms with Crippen LogP contribution in [0.4, 0.5) is 18.9 Å². The monoisotopic (exact) mass is 376 g/mol. The molecular formula is C17H15F3N6O. The van der Waals surface area contributed by atoms with Gasteiger partial charge in [0.1, 0.15) is 18.4 Å². The molecule has 7 nitrogen and oxygen atoms in total. The lowest BCUT2D eigenvalue weighted by atomic mass is 10.2. The molecule has 0 aliphatic heterocycles. The van der Waals surface area contributed by atoms with Gasteiger partial charge in [-0.25, -0.2) is 14.7 Å². The van der Waals surface area contributed by atoms with Crippen LogP contribution >= 0.6 is 0 Å². The van der Waals surface area contributed by atoms with Crippen molar-refractivity contribution < 1.29 is 17.9 Å². The van der Waals surface area contributed by atoms with E-state index in [1.54, 1.807) is 11.0 Å². The number of alkyl halides is 3. The smallest absolute Gasteiger partial charge is 0.406 e. The number of ether oxygens (including phenoxy) is 1. The van der Waals surface area contributed by atoms with Gasteiger partial charge in [0.15, 0.2) is 5.96 Å². The maximum atomic E-state index is 12.1. The summed E-state index contributed by atoms with van der Waals surface area (Å²) in [6.07, 6.45) is -1.68. The van der Waals surface area contributed by atoms with Gasteiger partial charge in [-0.3, -0.25) is 0 Å². The summed E-state index contributed by atoms with van der Waals surface area (Å²) in [5.74, 6) is -0.170. The average Bonchev–Trinajstić information content (AvgIpc) is 3.16. The topological polar surface area (TPSA) is 90.4 Å². The quantitative estimate of drug-likeness (QED) is 0.528. The lowest BCUT2D eigenvalue weighted by Crippen LogP contribution is -2.22. The number of aromatic nitrogens is 3. The van der Waals surface area contributed by atoms with Crippen LogP contribution in [0, 0.1) is 0 Å². The van der Waals surface area contributed by atoms with Crippen LogP contribution < -0.4 is 15.8 Å². The fourth-order valence-electron chi connectivity index (χ4n) is 2.20. The van der Waals surface area contributed by atoms with Crippen molar-refractivity contribution in [1.82, 2.24) is 14.8 Å². The predicted octanol–water partition coefficient (Wildman–Crippen LogP) is 3.09.